The Bertz CT molecular complexity index is 402. The summed E-state index contributed by atoms with van der Waals surface area (Å²) in [5, 5.41) is 3.88. The van der Waals surface area contributed by atoms with Crippen molar-refractivity contribution in [3.63, 3.8) is 0 Å². The molecule has 1 aliphatic rings. The first-order valence-corrected chi connectivity index (χ1v) is 5.86. The van der Waals surface area contributed by atoms with Crippen LogP contribution in [0.15, 0.2) is 29.6 Å². The SMILES string of the molecule is O=C(CN1CCOCC1)N/N=C/c1cccnc1. The zero-order valence-electron chi connectivity index (χ0n) is 10.1. The predicted octanol–water partition coefficient (Wildman–Crippen LogP) is -0.136. The predicted molar refractivity (Wildman–Crippen MR) is 67.2 cm³/mol. The van der Waals surface area contributed by atoms with Crippen LogP contribution >= 0.6 is 0 Å². The second-order valence-corrected chi connectivity index (χ2v) is 3.97. The summed E-state index contributed by atoms with van der Waals surface area (Å²) in [5.74, 6) is -0.114. The van der Waals surface area contributed by atoms with E-state index in [0.717, 1.165) is 18.7 Å². The maximum atomic E-state index is 11.6. The fourth-order valence-electron chi connectivity index (χ4n) is 1.63. The number of nitrogens with one attached hydrogen (secondary N) is 1. The topological polar surface area (TPSA) is 66.8 Å². The number of hydrogen-bond donors (Lipinski definition) is 1. The maximum Gasteiger partial charge on any atom is 0.254 e. The van der Waals surface area contributed by atoms with Crippen LogP contribution in [0.1, 0.15) is 5.56 Å². The first kappa shape index (κ1) is 12.7. The van der Waals surface area contributed by atoms with E-state index in [-0.39, 0.29) is 5.91 Å². The van der Waals surface area contributed by atoms with Gasteiger partial charge in [-0.3, -0.25) is 14.7 Å². The van der Waals surface area contributed by atoms with Crippen molar-refractivity contribution in [3.05, 3.63) is 30.1 Å². The Labute approximate surface area is 106 Å². The van der Waals surface area contributed by atoms with E-state index in [1.165, 1.54) is 0 Å². The van der Waals surface area contributed by atoms with Gasteiger partial charge in [0, 0.05) is 31.0 Å². The normalized spacial score (nSPS) is 16.9. The number of rotatable bonds is 4. The van der Waals surface area contributed by atoms with Crippen molar-refractivity contribution in [1.29, 1.82) is 0 Å². The highest BCUT2D eigenvalue weighted by molar-refractivity contribution is 5.82. The molecule has 96 valence electrons. The highest BCUT2D eigenvalue weighted by Gasteiger charge is 2.13. The molecule has 6 heteroatoms. The van der Waals surface area contributed by atoms with E-state index in [9.17, 15) is 4.79 Å². The lowest BCUT2D eigenvalue weighted by molar-refractivity contribution is -0.123. The Morgan fingerprint density at radius 2 is 2.39 bits per heavy atom. The molecule has 2 rings (SSSR count). The minimum Gasteiger partial charge on any atom is -0.379 e. The van der Waals surface area contributed by atoms with Crippen LogP contribution in [0.3, 0.4) is 0 Å². The van der Waals surface area contributed by atoms with Crippen LogP contribution in [0.4, 0.5) is 0 Å². The van der Waals surface area contributed by atoms with Crippen molar-refractivity contribution in [2.45, 2.75) is 0 Å². The molecule has 1 fully saturated rings. The lowest BCUT2D eigenvalue weighted by Gasteiger charge is -2.25. The second kappa shape index (κ2) is 6.83. The zero-order chi connectivity index (χ0) is 12.6. The molecule has 0 radical (unpaired) electrons. The Balaban J connectivity index is 1.72. The maximum absolute atomic E-state index is 11.6. The van der Waals surface area contributed by atoms with Gasteiger partial charge in [-0.05, 0) is 6.07 Å². The van der Waals surface area contributed by atoms with E-state index >= 15 is 0 Å². The molecule has 1 aliphatic heterocycles. The van der Waals surface area contributed by atoms with E-state index in [0.29, 0.717) is 19.8 Å². The molecule has 0 aromatic carbocycles. The minimum atomic E-state index is -0.114. The number of aromatic nitrogens is 1. The smallest absolute Gasteiger partial charge is 0.254 e. The van der Waals surface area contributed by atoms with Gasteiger partial charge in [0.05, 0.1) is 26.0 Å². The second-order valence-electron chi connectivity index (χ2n) is 3.97. The summed E-state index contributed by atoms with van der Waals surface area (Å²) in [6.45, 7) is 3.31. The molecular weight excluding hydrogens is 232 g/mol. The number of pyridine rings is 1. The fourth-order valence-corrected chi connectivity index (χ4v) is 1.63. The van der Waals surface area contributed by atoms with Crippen LogP contribution in [0.25, 0.3) is 0 Å². The molecule has 1 aromatic heterocycles. The molecule has 0 atom stereocenters. The summed E-state index contributed by atoms with van der Waals surface area (Å²) in [5.41, 5.74) is 3.35. The molecule has 0 spiro atoms. The summed E-state index contributed by atoms with van der Waals surface area (Å²) in [4.78, 5) is 17.6. The van der Waals surface area contributed by atoms with E-state index in [1.807, 2.05) is 17.0 Å². The molecule has 0 saturated carbocycles. The van der Waals surface area contributed by atoms with Crippen LogP contribution in [0.5, 0.6) is 0 Å². The van der Waals surface area contributed by atoms with Crippen molar-refractivity contribution in [1.82, 2.24) is 15.3 Å². The van der Waals surface area contributed by atoms with Gasteiger partial charge in [0.15, 0.2) is 0 Å². The Morgan fingerprint density at radius 3 is 3.11 bits per heavy atom. The Kier molecular flexibility index (Phi) is 4.80. The van der Waals surface area contributed by atoms with Gasteiger partial charge in [0.2, 0.25) is 0 Å². The van der Waals surface area contributed by atoms with Gasteiger partial charge in [-0.25, -0.2) is 5.43 Å². The number of hydrazone groups is 1. The van der Waals surface area contributed by atoms with E-state index in [2.05, 4.69) is 15.5 Å². The number of ether oxygens (including phenoxy) is 1. The number of amides is 1. The van der Waals surface area contributed by atoms with E-state index in [4.69, 9.17) is 4.74 Å². The lowest BCUT2D eigenvalue weighted by atomic mass is 10.3. The molecule has 0 bridgehead atoms. The first-order chi connectivity index (χ1) is 8.84. The molecule has 1 N–H and O–H groups in total. The molecule has 6 nitrogen and oxygen atoms in total. The number of carbonyl (C=O) groups is 1. The standard InChI is InChI=1S/C12H16N4O2/c17-12(10-16-4-6-18-7-5-16)15-14-9-11-2-1-3-13-8-11/h1-3,8-9H,4-7,10H2,(H,15,17)/b14-9+. The molecule has 1 saturated heterocycles. The van der Waals surface area contributed by atoms with Gasteiger partial charge >= 0.3 is 0 Å². The van der Waals surface area contributed by atoms with E-state index < -0.39 is 0 Å². The number of hydrogen-bond acceptors (Lipinski definition) is 5. The average molecular weight is 248 g/mol. The van der Waals surface area contributed by atoms with E-state index in [1.54, 1.807) is 18.6 Å². The summed E-state index contributed by atoms with van der Waals surface area (Å²) < 4.78 is 5.21. The van der Waals surface area contributed by atoms with Crippen molar-refractivity contribution >= 4 is 12.1 Å². The zero-order valence-corrected chi connectivity index (χ0v) is 10.1. The third-order valence-electron chi connectivity index (χ3n) is 2.56. The number of carbonyl (C=O) groups excluding carboxylic acids is 1. The van der Waals surface area contributed by atoms with Crippen molar-refractivity contribution < 1.29 is 9.53 Å². The molecule has 1 aromatic rings. The Hall–Kier alpha value is -1.79. The summed E-state index contributed by atoms with van der Waals surface area (Å²) in [7, 11) is 0. The Morgan fingerprint density at radius 1 is 1.56 bits per heavy atom. The van der Waals surface area contributed by atoms with Gasteiger partial charge in [-0.15, -0.1) is 0 Å². The van der Waals surface area contributed by atoms with Crippen LogP contribution in [0, 0.1) is 0 Å². The van der Waals surface area contributed by atoms with Crippen molar-refractivity contribution in [2.75, 3.05) is 32.8 Å². The monoisotopic (exact) mass is 248 g/mol. The van der Waals surface area contributed by atoms with Crippen molar-refractivity contribution in [2.24, 2.45) is 5.10 Å². The van der Waals surface area contributed by atoms with Crippen LogP contribution in [0.2, 0.25) is 0 Å². The van der Waals surface area contributed by atoms with Gasteiger partial charge in [0.1, 0.15) is 0 Å². The highest BCUT2D eigenvalue weighted by Crippen LogP contribution is 1.95. The summed E-state index contributed by atoms with van der Waals surface area (Å²) in [6, 6.07) is 3.68. The molecule has 0 aliphatic carbocycles. The number of morpholine rings is 1. The molecular formula is C12H16N4O2. The fraction of sp³-hybridized carbons (Fsp3) is 0.417. The van der Waals surface area contributed by atoms with Gasteiger partial charge in [0.25, 0.3) is 5.91 Å². The average Bonchev–Trinajstić information content (AvgIpc) is 2.41. The molecule has 1 amide bonds. The molecule has 2 heterocycles. The minimum absolute atomic E-state index is 0.114. The van der Waals surface area contributed by atoms with Gasteiger partial charge in [-0.1, -0.05) is 6.07 Å². The van der Waals surface area contributed by atoms with Crippen LogP contribution in [-0.2, 0) is 9.53 Å². The van der Waals surface area contributed by atoms with Gasteiger partial charge in [-0.2, -0.15) is 5.10 Å². The lowest BCUT2D eigenvalue weighted by Crippen LogP contribution is -2.42. The molecule has 0 unspecified atom stereocenters. The molecule has 18 heavy (non-hydrogen) atoms. The summed E-state index contributed by atoms with van der Waals surface area (Å²) >= 11 is 0. The highest BCUT2D eigenvalue weighted by atomic mass is 16.5. The number of nitrogens with zero attached hydrogens (tertiary/aromatic N) is 3. The summed E-state index contributed by atoms with van der Waals surface area (Å²) in [6.07, 6.45) is 4.94. The quantitative estimate of drug-likeness (QED) is 0.595. The third-order valence-corrected chi connectivity index (χ3v) is 2.56. The van der Waals surface area contributed by atoms with Gasteiger partial charge < -0.3 is 4.74 Å². The van der Waals surface area contributed by atoms with Crippen molar-refractivity contribution in [3.8, 4) is 0 Å². The first-order valence-electron chi connectivity index (χ1n) is 5.86. The van der Waals surface area contributed by atoms with Crippen LogP contribution < -0.4 is 5.43 Å². The third kappa shape index (κ3) is 4.23. The largest absolute Gasteiger partial charge is 0.379 e. The van der Waals surface area contributed by atoms with Crippen LogP contribution in [-0.4, -0.2) is 54.9 Å².